The fourth-order valence-electron chi connectivity index (χ4n) is 0.221. The molecule has 0 saturated carbocycles. The normalized spacial score (nSPS) is 12.9. The van der Waals surface area contributed by atoms with Gasteiger partial charge in [-0.3, -0.25) is 5.32 Å². The van der Waals surface area contributed by atoms with Crippen molar-refractivity contribution in [3.05, 3.63) is 0 Å². The Kier molecular flexibility index (Phi) is 3.56. The molecule has 0 rings (SSSR count). The molecule has 1 unspecified atom stereocenters. The first-order valence-corrected chi connectivity index (χ1v) is 2.55. The second-order valence-corrected chi connectivity index (χ2v) is 1.61. The number of ether oxygens (including phenoxy) is 1. The molecule has 0 aromatic rings. The number of carbonyl (C=O) groups is 1. The van der Waals surface area contributed by atoms with Crippen LogP contribution in [0.5, 0.6) is 0 Å². The Morgan fingerprint density at radius 1 is 1.88 bits per heavy atom. The van der Waals surface area contributed by atoms with Gasteiger partial charge in [-0.25, -0.2) is 4.79 Å². The molecule has 0 aliphatic rings. The van der Waals surface area contributed by atoms with E-state index < -0.39 is 11.5 Å². The first-order chi connectivity index (χ1) is 3.72. The number of halogens is 1. The largest absolute Gasteiger partial charge is 0.467 e. The van der Waals surface area contributed by atoms with Gasteiger partial charge in [0.15, 0.2) is 5.50 Å². The fraction of sp³-hybridized carbons (Fsp3) is 0.750. The van der Waals surface area contributed by atoms with Crippen LogP contribution in [0.15, 0.2) is 0 Å². The molecule has 0 saturated heterocycles. The zero-order chi connectivity index (χ0) is 6.57. The number of nitrogens with one attached hydrogen (secondary N) is 1. The van der Waals surface area contributed by atoms with Gasteiger partial charge in [-0.2, -0.15) is 0 Å². The molecule has 0 aliphatic heterocycles. The zero-order valence-electron chi connectivity index (χ0n) is 4.77. The Morgan fingerprint density at radius 3 is 2.50 bits per heavy atom. The Bertz CT molecular complexity index is 86.1. The summed E-state index contributed by atoms with van der Waals surface area (Å²) in [5.41, 5.74) is -0.722. The lowest BCUT2D eigenvalue weighted by molar-refractivity contribution is -0.140. The summed E-state index contributed by atoms with van der Waals surface area (Å²) in [4.78, 5) is 10.3. The quantitative estimate of drug-likeness (QED) is 0.329. The van der Waals surface area contributed by atoms with Gasteiger partial charge in [-0.1, -0.05) is 11.6 Å². The van der Waals surface area contributed by atoms with Crippen LogP contribution in [-0.2, 0) is 9.53 Å². The number of hydrogen-bond acceptors (Lipinski definition) is 3. The van der Waals surface area contributed by atoms with Gasteiger partial charge in [-0.15, -0.1) is 0 Å². The van der Waals surface area contributed by atoms with Gasteiger partial charge in [0.2, 0.25) is 0 Å². The molecule has 8 heavy (non-hydrogen) atoms. The number of likely N-dealkylation sites (N-methyl/N-ethyl adjacent to an activating group) is 1. The highest BCUT2D eigenvalue weighted by atomic mass is 35.5. The second kappa shape index (κ2) is 3.69. The molecule has 3 nitrogen and oxygen atoms in total. The van der Waals surface area contributed by atoms with Crippen LogP contribution >= 0.6 is 11.6 Å². The number of methoxy groups -OCH3 is 1. The van der Waals surface area contributed by atoms with Crippen molar-refractivity contribution in [3.8, 4) is 0 Å². The predicted octanol–water partition coefficient (Wildman–Crippen LogP) is -0.0563. The maximum atomic E-state index is 10.3. The topological polar surface area (TPSA) is 38.3 Å². The Morgan fingerprint density at radius 2 is 2.38 bits per heavy atom. The van der Waals surface area contributed by atoms with Gasteiger partial charge in [0.05, 0.1) is 7.11 Å². The van der Waals surface area contributed by atoms with Crippen LogP contribution in [0.25, 0.3) is 0 Å². The highest BCUT2D eigenvalue weighted by Gasteiger charge is 2.10. The van der Waals surface area contributed by atoms with Crippen molar-refractivity contribution < 1.29 is 9.53 Å². The van der Waals surface area contributed by atoms with E-state index in [1.165, 1.54) is 7.11 Å². The summed E-state index contributed by atoms with van der Waals surface area (Å²) in [6, 6.07) is 0. The number of carbonyl (C=O) groups excluding carboxylic acids is 1. The number of esters is 1. The van der Waals surface area contributed by atoms with Gasteiger partial charge in [0.25, 0.3) is 0 Å². The summed E-state index contributed by atoms with van der Waals surface area (Å²) in [5.74, 6) is -0.464. The van der Waals surface area contributed by atoms with Crippen molar-refractivity contribution in [1.82, 2.24) is 5.32 Å². The molecule has 0 fully saturated rings. The molecule has 0 aromatic carbocycles. The van der Waals surface area contributed by atoms with Crippen molar-refractivity contribution in [2.45, 2.75) is 5.50 Å². The van der Waals surface area contributed by atoms with E-state index in [-0.39, 0.29) is 0 Å². The van der Waals surface area contributed by atoms with Crippen LogP contribution < -0.4 is 5.32 Å². The molecule has 0 spiro atoms. The third-order valence-corrected chi connectivity index (χ3v) is 1.06. The van der Waals surface area contributed by atoms with Crippen LogP contribution in [0.4, 0.5) is 0 Å². The van der Waals surface area contributed by atoms with Crippen LogP contribution in [-0.4, -0.2) is 25.6 Å². The predicted molar refractivity (Wildman–Crippen MR) is 30.7 cm³/mol. The maximum absolute atomic E-state index is 10.3. The van der Waals surface area contributed by atoms with E-state index in [9.17, 15) is 4.79 Å². The molecular weight excluding hydrogens is 130 g/mol. The van der Waals surface area contributed by atoms with E-state index in [4.69, 9.17) is 11.6 Å². The minimum atomic E-state index is -0.722. The second-order valence-electron chi connectivity index (χ2n) is 1.17. The summed E-state index contributed by atoms with van der Waals surface area (Å²) in [5, 5.41) is 2.51. The first kappa shape index (κ1) is 7.72. The molecule has 4 heteroatoms. The number of alkyl halides is 1. The maximum Gasteiger partial charge on any atom is 0.338 e. The van der Waals surface area contributed by atoms with E-state index in [0.29, 0.717) is 0 Å². The van der Waals surface area contributed by atoms with Crippen molar-refractivity contribution in [2.24, 2.45) is 0 Å². The molecule has 0 bridgehead atoms. The Balaban J connectivity index is 3.46. The summed E-state index contributed by atoms with van der Waals surface area (Å²) in [7, 11) is 2.86. The summed E-state index contributed by atoms with van der Waals surface area (Å²) in [6.07, 6.45) is 0. The smallest absolute Gasteiger partial charge is 0.338 e. The van der Waals surface area contributed by atoms with Gasteiger partial charge in [-0.05, 0) is 7.05 Å². The molecule has 0 radical (unpaired) electrons. The Hall–Kier alpha value is -0.280. The van der Waals surface area contributed by atoms with Crippen molar-refractivity contribution >= 4 is 17.6 Å². The monoisotopic (exact) mass is 137 g/mol. The van der Waals surface area contributed by atoms with E-state index in [0.717, 1.165) is 0 Å². The van der Waals surface area contributed by atoms with Gasteiger partial charge >= 0.3 is 5.97 Å². The van der Waals surface area contributed by atoms with Crippen LogP contribution in [0.1, 0.15) is 0 Å². The molecule has 0 amide bonds. The molecule has 0 aromatic heterocycles. The lowest BCUT2D eigenvalue weighted by Gasteiger charge is -2.02. The third kappa shape index (κ3) is 2.14. The van der Waals surface area contributed by atoms with Crippen LogP contribution in [0, 0.1) is 0 Å². The highest BCUT2D eigenvalue weighted by Crippen LogP contribution is 1.90. The number of hydrogen-bond donors (Lipinski definition) is 1. The van der Waals surface area contributed by atoms with Gasteiger partial charge in [0.1, 0.15) is 0 Å². The van der Waals surface area contributed by atoms with E-state index >= 15 is 0 Å². The third-order valence-electron chi connectivity index (χ3n) is 0.662. The Labute approximate surface area is 53.0 Å². The average Bonchev–Trinajstić information content (AvgIpc) is 1.84. The fourth-order valence-corrected chi connectivity index (χ4v) is 0.310. The summed E-state index contributed by atoms with van der Waals surface area (Å²) in [6.45, 7) is 0. The molecule has 1 atom stereocenters. The van der Waals surface area contributed by atoms with Crippen LogP contribution in [0.2, 0.25) is 0 Å². The molecular formula is C4H8ClNO2. The van der Waals surface area contributed by atoms with Crippen LogP contribution in [0.3, 0.4) is 0 Å². The average molecular weight is 138 g/mol. The van der Waals surface area contributed by atoms with Gasteiger partial charge in [0, 0.05) is 0 Å². The molecule has 0 aliphatic carbocycles. The first-order valence-electron chi connectivity index (χ1n) is 2.11. The molecule has 48 valence electrons. The van der Waals surface area contributed by atoms with E-state index in [1.807, 2.05) is 0 Å². The highest BCUT2D eigenvalue weighted by molar-refractivity contribution is 6.29. The van der Waals surface area contributed by atoms with Crippen molar-refractivity contribution in [2.75, 3.05) is 14.2 Å². The van der Waals surface area contributed by atoms with E-state index in [2.05, 4.69) is 10.1 Å². The van der Waals surface area contributed by atoms with Crippen molar-refractivity contribution in [3.63, 3.8) is 0 Å². The number of rotatable bonds is 2. The van der Waals surface area contributed by atoms with Gasteiger partial charge < -0.3 is 4.74 Å². The molecule has 1 N–H and O–H groups in total. The lowest BCUT2D eigenvalue weighted by Crippen LogP contribution is -2.29. The summed E-state index contributed by atoms with van der Waals surface area (Å²) < 4.78 is 4.27. The minimum absolute atomic E-state index is 0.464. The SMILES string of the molecule is CNC(Cl)C(=O)OC. The zero-order valence-corrected chi connectivity index (χ0v) is 5.53. The van der Waals surface area contributed by atoms with Crippen molar-refractivity contribution in [1.29, 1.82) is 0 Å². The van der Waals surface area contributed by atoms with E-state index in [1.54, 1.807) is 7.05 Å². The summed E-state index contributed by atoms with van der Waals surface area (Å²) >= 11 is 5.33. The standard InChI is InChI=1S/C4H8ClNO2/c1-6-3(5)4(7)8-2/h3,6H,1-2H3. The minimum Gasteiger partial charge on any atom is -0.467 e. The molecule has 0 heterocycles. The lowest BCUT2D eigenvalue weighted by atomic mass is 10.6.